The van der Waals surface area contributed by atoms with E-state index in [-0.39, 0.29) is 15.9 Å². The molecule has 27 heavy (non-hydrogen) atoms. The second-order valence-electron chi connectivity index (χ2n) is 7.16. The van der Waals surface area contributed by atoms with Crippen LogP contribution in [0.3, 0.4) is 0 Å². The summed E-state index contributed by atoms with van der Waals surface area (Å²) in [5.74, 6) is 0. The van der Waals surface area contributed by atoms with E-state index in [9.17, 15) is 4.79 Å². The molecule has 0 aliphatic heterocycles. The summed E-state index contributed by atoms with van der Waals surface area (Å²) < 4.78 is 2.30. The minimum Gasteiger partial charge on any atom is -0.298 e. The highest BCUT2D eigenvalue weighted by atomic mass is 35.5. The van der Waals surface area contributed by atoms with Crippen molar-refractivity contribution in [1.82, 2.24) is 14.3 Å². The lowest BCUT2D eigenvalue weighted by Crippen LogP contribution is -2.38. The SMILES string of the molecule is Cc1[nH]n(-c2ccccc2)c(=NNc2cccc([N+](C)(C)C)c2)c(=O)c1Cl. The number of H-pyrrole nitrogens is 1. The standard InChI is InChI=1S/C20H22ClN5O/c1-14-18(21)19(27)20(25(24-14)16-10-6-5-7-11-16)23-22-15-9-8-12-17(13-15)26(2,3)4/h5-13H,1-4H3,(H-,22,24,27)/p+1. The van der Waals surface area contributed by atoms with Gasteiger partial charge in [0.1, 0.15) is 10.7 Å². The lowest BCUT2D eigenvalue weighted by atomic mass is 10.2. The number of hydrogen-bond donors (Lipinski definition) is 2. The number of nitrogens with one attached hydrogen (secondary N) is 2. The summed E-state index contributed by atoms with van der Waals surface area (Å²) in [5, 5.41) is 7.60. The number of aromatic amines is 1. The average Bonchev–Trinajstić information content (AvgIpc) is 2.65. The Labute approximate surface area is 162 Å². The van der Waals surface area contributed by atoms with Crippen molar-refractivity contribution in [2.75, 3.05) is 26.6 Å². The summed E-state index contributed by atoms with van der Waals surface area (Å²) >= 11 is 6.16. The van der Waals surface area contributed by atoms with Crippen molar-refractivity contribution in [3.63, 3.8) is 0 Å². The molecule has 1 aromatic heterocycles. The number of anilines is 1. The van der Waals surface area contributed by atoms with Crippen molar-refractivity contribution >= 4 is 23.0 Å². The number of aromatic nitrogens is 2. The molecule has 2 N–H and O–H groups in total. The first-order chi connectivity index (χ1) is 12.8. The Balaban J connectivity index is 2.12. The van der Waals surface area contributed by atoms with Gasteiger partial charge in [0.25, 0.3) is 0 Å². The van der Waals surface area contributed by atoms with E-state index in [4.69, 9.17) is 11.6 Å². The molecule has 0 spiro atoms. The first-order valence-corrected chi connectivity index (χ1v) is 8.94. The molecule has 0 unspecified atom stereocenters. The largest absolute Gasteiger partial charge is 0.298 e. The van der Waals surface area contributed by atoms with Crippen molar-refractivity contribution in [2.24, 2.45) is 5.10 Å². The van der Waals surface area contributed by atoms with Crippen LogP contribution >= 0.6 is 11.6 Å². The van der Waals surface area contributed by atoms with Crippen LogP contribution in [0.15, 0.2) is 64.5 Å². The molecule has 0 fully saturated rings. The van der Waals surface area contributed by atoms with Gasteiger partial charge in [-0.3, -0.25) is 19.8 Å². The third-order valence-corrected chi connectivity index (χ3v) is 4.60. The minimum atomic E-state index is -0.341. The molecule has 3 rings (SSSR count). The predicted molar refractivity (Wildman–Crippen MR) is 111 cm³/mol. The summed E-state index contributed by atoms with van der Waals surface area (Å²) in [4.78, 5) is 12.7. The maximum Gasteiger partial charge on any atom is 0.245 e. The highest BCUT2D eigenvalue weighted by Crippen LogP contribution is 2.21. The summed E-state index contributed by atoms with van der Waals surface area (Å²) in [6.45, 7) is 1.76. The Hall–Kier alpha value is -2.83. The molecule has 7 heteroatoms. The van der Waals surface area contributed by atoms with Gasteiger partial charge in [0.15, 0.2) is 0 Å². The molecule has 6 nitrogen and oxygen atoms in total. The van der Waals surface area contributed by atoms with Crippen LogP contribution in [0.4, 0.5) is 11.4 Å². The van der Waals surface area contributed by atoms with Crippen LogP contribution in [0.25, 0.3) is 5.69 Å². The van der Waals surface area contributed by atoms with E-state index < -0.39 is 0 Å². The number of halogens is 1. The number of rotatable bonds is 4. The third-order valence-electron chi connectivity index (χ3n) is 4.15. The van der Waals surface area contributed by atoms with Crippen LogP contribution in [0, 0.1) is 6.92 Å². The van der Waals surface area contributed by atoms with E-state index in [1.807, 2.05) is 54.6 Å². The molecule has 3 aromatic rings. The van der Waals surface area contributed by atoms with E-state index in [1.165, 1.54) is 0 Å². The molecule has 0 radical (unpaired) electrons. The Bertz CT molecular complexity index is 1080. The Kier molecular flexibility index (Phi) is 5.21. The third kappa shape index (κ3) is 4.13. The molecule has 0 saturated carbocycles. The van der Waals surface area contributed by atoms with Crippen molar-refractivity contribution in [2.45, 2.75) is 6.92 Å². The highest BCUT2D eigenvalue weighted by molar-refractivity contribution is 6.31. The molecule has 140 valence electrons. The van der Waals surface area contributed by atoms with Gasteiger partial charge in [-0.15, -0.1) is 0 Å². The number of quaternary nitrogens is 1. The van der Waals surface area contributed by atoms with Crippen molar-refractivity contribution in [1.29, 1.82) is 0 Å². The number of para-hydroxylation sites is 1. The van der Waals surface area contributed by atoms with Crippen LogP contribution in [0.5, 0.6) is 0 Å². The number of benzene rings is 2. The van der Waals surface area contributed by atoms with Gasteiger partial charge in [0, 0.05) is 6.07 Å². The fraction of sp³-hybridized carbons (Fsp3) is 0.200. The van der Waals surface area contributed by atoms with Crippen LogP contribution < -0.4 is 20.8 Å². The van der Waals surface area contributed by atoms with E-state index in [0.29, 0.717) is 10.2 Å². The molecule has 0 amide bonds. The van der Waals surface area contributed by atoms with Crippen molar-refractivity contribution < 1.29 is 0 Å². The zero-order valence-corrected chi connectivity index (χ0v) is 16.6. The molecule has 1 heterocycles. The number of nitrogens with zero attached hydrogens (tertiary/aromatic N) is 3. The zero-order chi connectivity index (χ0) is 19.6. The van der Waals surface area contributed by atoms with Gasteiger partial charge < -0.3 is 0 Å². The lowest BCUT2D eigenvalue weighted by Gasteiger charge is -2.23. The van der Waals surface area contributed by atoms with Crippen molar-refractivity contribution in [3.05, 3.63) is 81.0 Å². The Morgan fingerprint density at radius 1 is 1.07 bits per heavy atom. The van der Waals surface area contributed by atoms with Gasteiger partial charge in [-0.1, -0.05) is 35.9 Å². The molecular weight excluding hydrogens is 362 g/mol. The number of aryl methyl sites for hydroxylation is 1. The van der Waals surface area contributed by atoms with E-state index in [0.717, 1.165) is 17.1 Å². The zero-order valence-electron chi connectivity index (χ0n) is 15.8. The van der Waals surface area contributed by atoms with Gasteiger partial charge >= 0.3 is 0 Å². The fourth-order valence-corrected chi connectivity index (χ4v) is 2.74. The fourth-order valence-electron chi connectivity index (χ4n) is 2.61. The van der Waals surface area contributed by atoms with E-state index >= 15 is 0 Å². The summed E-state index contributed by atoms with van der Waals surface area (Å²) in [6.07, 6.45) is 0. The monoisotopic (exact) mass is 384 g/mol. The molecule has 0 aliphatic carbocycles. The maximum absolute atomic E-state index is 12.7. The minimum absolute atomic E-state index is 0.128. The van der Waals surface area contributed by atoms with Crippen LogP contribution in [-0.2, 0) is 0 Å². The number of hydrogen-bond acceptors (Lipinski definition) is 3. The molecule has 2 aromatic carbocycles. The highest BCUT2D eigenvalue weighted by Gasteiger charge is 2.12. The molecule has 0 bridgehead atoms. The topological polar surface area (TPSA) is 62.2 Å². The van der Waals surface area contributed by atoms with Crippen LogP contribution in [0.1, 0.15) is 5.69 Å². The molecule has 0 saturated heterocycles. The predicted octanol–water partition coefficient (Wildman–Crippen LogP) is 3.25. The first-order valence-electron chi connectivity index (χ1n) is 8.56. The van der Waals surface area contributed by atoms with Gasteiger partial charge in [0.05, 0.1) is 38.2 Å². The second kappa shape index (κ2) is 7.42. The summed E-state index contributed by atoms with van der Waals surface area (Å²) in [7, 11) is 6.26. The summed E-state index contributed by atoms with van der Waals surface area (Å²) in [5.41, 5.74) is 6.09. The van der Waals surface area contributed by atoms with Gasteiger partial charge in [-0.25, -0.2) is 4.68 Å². The van der Waals surface area contributed by atoms with E-state index in [1.54, 1.807) is 11.6 Å². The summed E-state index contributed by atoms with van der Waals surface area (Å²) in [6, 6.07) is 17.4. The smallest absolute Gasteiger partial charge is 0.245 e. The Morgan fingerprint density at radius 3 is 2.44 bits per heavy atom. The van der Waals surface area contributed by atoms with Crippen LogP contribution in [-0.4, -0.2) is 30.9 Å². The second-order valence-corrected chi connectivity index (χ2v) is 7.54. The first kappa shape index (κ1) is 18.9. The lowest BCUT2D eigenvalue weighted by molar-refractivity contribution is 0.486. The van der Waals surface area contributed by atoms with E-state index in [2.05, 4.69) is 36.8 Å². The normalized spacial score (nSPS) is 12.3. The van der Waals surface area contributed by atoms with Gasteiger partial charge in [0.2, 0.25) is 10.9 Å². The van der Waals surface area contributed by atoms with Gasteiger partial charge in [-0.05, 0) is 31.2 Å². The Morgan fingerprint density at radius 2 is 1.78 bits per heavy atom. The van der Waals surface area contributed by atoms with Gasteiger partial charge in [-0.2, -0.15) is 5.10 Å². The average molecular weight is 385 g/mol. The molecule has 0 aliphatic rings. The molecular formula is C20H23ClN5O+. The molecule has 0 atom stereocenters. The van der Waals surface area contributed by atoms with Crippen molar-refractivity contribution in [3.8, 4) is 5.69 Å². The van der Waals surface area contributed by atoms with Crippen LogP contribution in [0.2, 0.25) is 5.02 Å². The maximum atomic E-state index is 12.7. The quantitative estimate of drug-likeness (QED) is 0.535.